The van der Waals surface area contributed by atoms with Gasteiger partial charge in [-0.2, -0.15) is 11.8 Å². The van der Waals surface area contributed by atoms with E-state index in [4.69, 9.17) is 5.73 Å². The maximum Gasteiger partial charge on any atom is 0.253 e. The minimum atomic E-state index is 0.104. The molecule has 0 fully saturated rings. The molecule has 0 aliphatic rings. The summed E-state index contributed by atoms with van der Waals surface area (Å²) in [5.41, 5.74) is 6.35. The van der Waals surface area contributed by atoms with Crippen LogP contribution in [0.5, 0.6) is 0 Å². The molecule has 14 heavy (non-hydrogen) atoms. The van der Waals surface area contributed by atoms with E-state index in [1.807, 2.05) is 24.6 Å². The molecule has 1 aromatic heterocycles. The number of aromatic nitrogens is 1. The zero-order valence-corrected chi connectivity index (χ0v) is 9.22. The van der Waals surface area contributed by atoms with Crippen LogP contribution >= 0.6 is 11.8 Å². The zero-order valence-electron chi connectivity index (χ0n) is 8.40. The second-order valence-electron chi connectivity index (χ2n) is 3.06. The second-order valence-corrected chi connectivity index (χ2v) is 4.05. The molecule has 0 spiro atoms. The van der Waals surface area contributed by atoms with E-state index in [9.17, 15) is 4.79 Å². The Morgan fingerprint density at radius 3 is 3.00 bits per heavy atom. The molecule has 0 bridgehead atoms. The summed E-state index contributed by atoms with van der Waals surface area (Å²) < 4.78 is 1.75. The maximum absolute atomic E-state index is 11.8. The zero-order chi connectivity index (χ0) is 10.4. The minimum Gasteiger partial charge on any atom is -0.330 e. The van der Waals surface area contributed by atoms with Gasteiger partial charge in [0.2, 0.25) is 0 Å². The molecule has 0 unspecified atom stereocenters. The van der Waals surface area contributed by atoms with Crippen molar-refractivity contribution in [1.82, 2.24) is 4.57 Å². The number of thioether (sulfide) groups is 1. The quantitative estimate of drug-likeness (QED) is 0.782. The Labute approximate surface area is 88.3 Å². The normalized spacial score (nSPS) is 10.4. The van der Waals surface area contributed by atoms with Crippen LogP contribution in [0.3, 0.4) is 0 Å². The van der Waals surface area contributed by atoms with Gasteiger partial charge in [-0.1, -0.05) is 6.07 Å². The summed E-state index contributed by atoms with van der Waals surface area (Å²) in [5.74, 6) is 0.964. The number of nitrogens with two attached hydrogens (primary N) is 1. The third-order valence-corrected chi connectivity index (χ3v) is 2.64. The lowest BCUT2D eigenvalue weighted by molar-refractivity contribution is 0.720. The average Bonchev–Trinajstić information content (AvgIpc) is 2.20. The Bertz CT molecular complexity index is 335. The molecule has 2 N–H and O–H groups in total. The predicted molar refractivity (Wildman–Crippen MR) is 61.8 cm³/mol. The molecule has 1 rings (SSSR count). The number of pyridine rings is 1. The van der Waals surface area contributed by atoms with Crippen LogP contribution in [0.1, 0.15) is 5.56 Å². The van der Waals surface area contributed by atoms with Gasteiger partial charge in [0.05, 0.1) is 0 Å². The number of rotatable bonds is 5. The monoisotopic (exact) mass is 212 g/mol. The van der Waals surface area contributed by atoms with Crippen LogP contribution in [-0.2, 0) is 13.0 Å². The summed E-state index contributed by atoms with van der Waals surface area (Å²) in [6, 6.07) is 3.76. The highest BCUT2D eigenvalue weighted by Gasteiger charge is 2.01. The lowest BCUT2D eigenvalue weighted by atomic mass is 10.2. The first kappa shape index (κ1) is 11.3. The smallest absolute Gasteiger partial charge is 0.253 e. The van der Waals surface area contributed by atoms with Gasteiger partial charge in [-0.05, 0) is 25.3 Å². The van der Waals surface area contributed by atoms with E-state index < -0.39 is 0 Å². The van der Waals surface area contributed by atoms with Gasteiger partial charge >= 0.3 is 0 Å². The molecule has 0 radical (unpaired) electrons. The van der Waals surface area contributed by atoms with Gasteiger partial charge in [0.15, 0.2) is 0 Å². The fourth-order valence-corrected chi connectivity index (χ4v) is 1.68. The van der Waals surface area contributed by atoms with Gasteiger partial charge in [0.25, 0.3) is 5.56 Å². The molecule has 0 saturated carbocycles. The highest BCUT2D eigenvalue weighted by Crippen LogP contribution is 1.96. The molecule has 4 heteroatoms. The van der Waals surface area contributed by atoms with Crippen molar-refractivity contribution in [3.05, 3.63) is 34.2 Å². The Balaban J connectivity index is 2.84. The molecule has 0 amide bonds. The summed E-state index contributed by atoms with van der Waals surface area (Å²) in [6.07, 6.45) is 4.53. The highest BCUT2D eigenvalue weighted by molar-refractivity contribution is 7.98. The summed E-state index contributed by atoms with van der Waals surface area (Å²) in [4.78, 5) is 11.8. The van der Waals surface area contributed by atoms with Gasteiger partial charge < -0.3 is 10.3 Å². The van der Waals surface area contributed by atoms with Crippen molar-refractivity contribution in [1.29, 1.82) is 0 Å². The SMILES string of the molecule is CSCCn1cccc(CCN)c1=O. The van der Waals surface area contributed by atoms with Gasteiger partial charge in [-0.15, -0.1) is 0 Å². The fraction of sp³-hybridized carbons (Fsp3) is 0.500. The molecule has 0 atom stereocenters. The fourth-order valence-electron chi connectivity index (χ4n) is 1.30. The number of nitrogens with zero attached hydrogens (tertiary/aromatic N) is 1. The minimum absolute atomic E-state index is 0.104. The van der Waals surface area contributed by atoms with Crippen LogP contribution in [-0.4, -0.2) is 23.1 Å². The van der Waals surface area contributed by atoms with E-state index in [-0.39, 0.29) is 5.56 Å². The number of hydrogen-bond donors (Lipinski definition) is 1. The van der Waals surface area contributed by atoms with E-state index in [1.165, 1.54) is 0 Å². The standard InChI is InChI=1S/C10H16N2OS/c1-14-8-7-12-6-2-3-9(4-5-11)10(12)13/h2-3,6H,4-5,7-8,11H2,1H3. The van der Waals surface area contributed by atoms with Crippen LogP contribution < -0.4 is 11.3 Å². The average molecular weight is 212 g/mol. The Kier molecular flexibility index (Phi) is 4.76. The molecular formula is C10H16N2OS. The van der Waals surface area contributed by atoms with Crippen LogP contribution in [0.15, 0.2) is 23.1 Å². The number of hydrogen-bond acceptors (Lipinski definition) is 3. The van der Waals surface area contributed by atoms with Crippen molar-refractivity contribution in [2.24, 2.45) is 5.73 Å². The predicted octanol–water partition coefficient (Wildman–Crippen LogP) is 0.713. The first-order chi connectivity index (χ1) is 6.79. The topological polar surface area (TPSA) is 48.0 Å². The Hall–Kier alpha value is -0.740. The van der Waals surface area contributed by atoms with Crippen LogP contribution in [0, 0.1) is 0 Å². The molecule has 0 aliphatic carbocycles. The molecular weight excluding hydrogens is 196 g/mol. The van der Waals surface area contributed by atoms with E-state index >= 15 is 0 Å². The van der Waals surface area contributed by atoms with Gasteiger partial charge in [0, 0.05) is 24.1 Å². The second kappa shape index (κ2) is 5.88. The third kappa shape index (κ3) is 2.89. The lowest BCUT2D eigenvalue weighted by Gasteiger charge is -2.06. The molecule has 0 aromatic carbocycles. The van der Waals surface area contributed by atoms with Crippen molar-refractivity contribution in [2.75, 3.05) is 18.6 Å². The van der Waals surface area contributed by atoms with Gasteiger partial charge in [-0.25, -0.2) is 0 Å². The molecule has 78 valence electrons. The van der Waals surface area contributed by atoms with Crippen molar-refractivity contribution < 1.29 is 0 Å². The summed E-state index contributed by atoms with van der Waals surface area (Å²) in [5, 5.41) is 0. The first-order valence-electron chi connectivity index (χ1n) is 4.67. The third-order valence-electron chi connectivity index (χ3n) is 2.05. The van der Waals surface area contributed by atoms with Crippen LogP contribution in [0.2, 0.25) is 0 Å². The van der Waals surface area contributed by atoms with Crippen molar-refractivity contribution in [3.8, 4) is 0 Å². The van der Waals surface area contributed by atoms with Crippen molar-refractivity contribution in [2.45, 2.75) is 13.0 Å². The van der Waals surface area contributed by atoms with Crippen LogP contribution in [0.25, 0.3) is 0 Å². The van der Waals surface area contributed by atoms with Crippen LogP contribution in [0.4, 0.5) is 0 Å². The summed E-state index contributed by atoms with van der Waals surface area (Å²) in [7, 11) is 0. The first-order valence-corrected chi connectivity index (χ1v) is 6.06. The lowest BCUT2D eigenvalue weighted by Crippen LogP contribution is -2.25. The highest BCUT2D eigenvalue weighted by atomic mass is 32.2. The largest absolute Gasteiger partial charge is 0.330 e. The molecule has 1 aromatic rings. The van der Waals surface area contributed by atoms with E-state index in [0.717, 1.165) is 17.9 Å². The van der Waals surface area contributed by atoms with E-state index in [2.05, 4.69) is 0 Å². The molecule has 0 saturated heterocycles. The summed E-state index contributed by atoms with van der Waals surface area (Å²) >= 11 is 1.74. The van der Waals surface area contributed by atoms with Crippen molar-refractivity contribution >= 4 is 11.8 Å². The molecule has 0 aliphatic heterocycles. The van der Waals surface area contributed by atoms with Gasteiger partial charge in [-0.3, -0.25) is 4.79 Å². The Morgan fingerprint density at radius 1 is 1.57 bits per heavy atom. The van der Waals surface area contributed by atoms with E-state index in [0.29, 0.717) is 13.0 Å². The maximum atomic E-state index is 11.8. The molecule has 1 heterocycles. The van der Waals surface area contributed by atoms with E-state index in [1.54, 1.807) is 16.3 Å². The number of aryl methyl sites for hydroxylation is 1. The molecule has 3 nitrogen and oxygen atoms in total. The summed E-state index contributed by atoms with van der Waals surface area (Å²) in [6.45, 7) is 1.31. The Morgan fingerprint density at radius 2 is 2.36 bits per heavy atom. The van der Waals surface area contributed by atoms with Gasteiger partial charge in [0.1, 0.15) is 0 Å². The van der Waals surface area contributed by atoms with Crippen molar-refractivity contribution in [3.63, 3.8) is 0 Å².